The number of hydrogen-bond donors (Lipinski definition) is 0. The van der Waals surface area contributed by atoms with Crippen molar-refractivity contribution in [1.29, 1.82) is 0 Å². The molecule has 0 amide bonds. The van der Waals surface area contributed by atoms with Gasteiger partial charge in [0.25, 0.3) is 0 Å². The van der Waals surface area contributed by atoms with Gasteiger partial charge in [0, 0.05) is 28.7 Å². The van der Waals surface area contributed by atoms with Crippen LogP contribution in [0.4, 0.5) is 0 Å². The number of hydrogen-bond acceptors (Lipinski definition) is 3. The summed E-state index contributed by atoms with van der Waals surface area (Å²) in [5.41, 5.74) is 1.000. The second-order valence-electron chi connectivity index (χ2n) is 3.08. The van der Waals surface area contributed by atoms with Gasteiger partial charge in [-0.15, -0.1) is 11.3 Å². The number of carbonyl (C=O) groups excluding carboxylic acids is 1. The molecule has 2 aromatic heterocycles. The zero-order valence-corrected chi connectivity index (χ0v) is 10.2. The fourth-order valence-corrected chi connectivity index (χ4v) is 2.60. The second-order valence-corrected chi connectivity index (χ2v) is 4.91. The summed E-state index contributed by atoms with van der Waals surface area (Å²) >= 11 is 4.80. The summed E-state index contributed by atoms with van der Waals surface area (Å²) in [6.45, 7) is 0. The Balaban J connectivity index is 2.11. The number of nitrogens with zero attached hydrogens (tertiary/aromatic N) is 1. The highest BCUT2D eigenvalue weighted by Crippen LogP contribution is 2.21. The predicted molar refractivity (Wildman–Crippen MR) is 64.3 cm³/mol. The third kappa shape index (κ3) is 2.73. The maximum absolute atomic E-state index is 11.8. The van der Waals surface area contributed by atoms with Crippen LogP contribution in [0, 0.1) is 0 Å². The Morgan fingerprint density at radius 1 is 1.40 bits per heavy atom. The highest BCUT2D eigenvalue weighted by atomic mass is 79.9. The van der Waals surface area contributed by atoms with Crippen molar-refractivity contribution in [1.82, 2.24) is 4.98 Å². The summed E-state index contributed by atoms with van der Waals surface area (Å²) in [4.78, 5) is 16.5. The van der Waals surface area contributed by atoms with E-state index in [1.165, 1.54) is 11.3 Å². The monoisotopic (exact) mass is 281 g/mol. The van der Waals surface area contributed by atoms with Gasteiger partial charge in [0.1, 0.15) is 0 Å². The van der Waals surface area contributed by atoms with Crippen LogP contribution in [-0.4, -0.2) is 10.8 Å². The Morgan fingerprint density at radius 3 is 2.73 bits per heavy atom. The van der Waals surface area contributed by atoms with E-state index in [4.69, 9.17) is 0 Å². The average Bonchev–Trinajstić information content (AvgIpc) is 2.66. The fourth-order valence-electron chi connectivity index (χ4n) is 1.23. The van der Waals surface area contributed by atoms with Crippen molar-refractivity contribution in [3.05, 3.63) is 50.9 Å². The van der Waals surface area contributed by atoms with Gasteiger partial charge in [-0.25, -0.2) is 0 Å². The average molecular weight is 282 g/mol. The van der Waals surface area contributed by atoms with Gasteiger partial charge in [-0.3, -0.25) is 9.78 Å². The summed E-state index contributed by atoms with van der Waals surface area (Å²) in [5.74, 6) is 0.150. The van der Waals surface area contributed by atoms with Crippen molar-refractivity contribution in [2.75, 3.05) is 0 Å². The third-order valence-electron chi connectivity index (χ3n) is 1.96. The molecule has 2 rings (SSSR count). The van der Waals surface area contributed by atoms with E-state index < -0.39 is 0 Å². The van der Waals surface area contributed by atoms with Gasteiger partial charge in [-0.2, -0.15) is 0 Å². The number of Topliss-reactive ketones (excluding diaryl/α,β-unsaturated/α-hetero) is 1. The van der Waals surface area contributed by atoms with E-state index in [9.17, 15) is 4.79 Å². The molecule has 0 radical (unpaired) electrons. The molecule has 0 aromatic carbocycles. The molecule has 0 saturated heterocycles. The van der Waals surface area contributed by atoms with Crippen LogP contribution in [0.5, 0.6) is 0 Å². The molecule has 2 heterocycles. The number of carbonyl (C=O) groups is 1. The maximum Gasteiger partial charge on any atom is 0.177 e. The Kier molecular flexibility index (Phi) is 3.28. The fraction of sp³-hybridized carbons (Fsp3) is 0.0909. The predicted octanol–water partition coefficient (Wildman–Crippen LogP) is 3.33. The normalized spacial score (nSPS) is 10.2. The smallest absolute Gasteiger partial charge is 0.177 e. The number of pyridine rings is 1. The summed E-state index contributed by atoms with van der Waals surface area (Å²) in [6.07, 6.45) is 3.84. The number of thiophene rings is 1. The van der Waals surface area contributed by atoms with E-state index in [-0.39, 0.29) is 5.78 Å². The van der Waals surface area contributed by atoms with Crippen molar-refractivity contribution in [2.24, 2.45) is 0 Å². The summed E-state index contributed by atoms with van der Waals surface area (Å²) in [6, 6.07) is 5.58. The lowest BCUT2D eigenvalue weighted by atomic mass is 10.1. The van der Waals surface area contributed by atoms with Crippen LogP contribution in [0.1, 0.15) is 15.2 Å². The topological polar surface area (TPSA) is 30.0 Å². The Morgan fingerprint density at radius 2 is 2.13 bits per heavy atom. The summed E-state index contributed by atoms with van der Waals surface area (Å²) in [7, 11) is 0. The molecule has 2 nitrogen and oxygen atoms in total. The molecular weight excluding hydrogens is 274 g/mol. The number of aromatic nitrogens is 1. The molecule has 0 spiro atoms. The van der Waals surface area contributed by atoms with Crippen molar-refractivity contribution in [2.45, 2.75) is 6.42 Å². The maximum atomic E-state index is 11.8. The first-order valence-corrected chi connectivity index (χ1v) is 6.09. The van der Waals surface area contributed by atoms with Crippen LogP contribution >= 0.6 is 27.3 Å². The SMILES string of the molecule is O=C(Cc1ccncc1)c1cc(Br)cs1. The van der Waals surface area contributed by atoms with Crippen molar-refractivity contribution in [3.63, 3.8) is 0 Å². The quantitative estimate of drug-likeness (QED) is 0.808. The zero-order chi connectivity index (χ0) is 10.7. The Bertz CT molecular complexity index is 466. The standard InChI is InChI=1S/C11H8BrNOS/c12-9-6-11(15-7-9)10(14)5-8-1-3-13-4-2-8/h1-4,6-7H,5H2. The zero-order valence-electron chi connectivity index (χ0n) is 7.81. The molecule has 0 aliphatic carbocycles. The molecule has 0 aliphatic heterocycles. The molecule has 0 aliphatic rings. The summed E-state index contributed by atoms with van der Waals surface area (Å²) in [5, 5.41) is 1.92. The first kappa shape index (κ1) is 10.5. The molecule has 0 fully saturated rings. The molecule has 0 atom stereocenters. The molecule has 0 unspecified atom stereocenters. The molecule has 76 valence electrons. The Hall–Kier alpha value is -1.000. The van der Waals surface area contributed by atoms with Gasteiger partial charge in [0.05, 0.1) is 4.88 Å². The molecule has 2 aromatic rings. The van der Waals surface area contributed by atoms with E-state index in [2.05, 4.69) is 20.9 Å². The Labute approximate surface area is 100 Å². The van der Waals surface area contributed by atoms with E-state index in [1.807, 2.05) is 23.6 Å². The first-order valence-electron chi connectivity index (χ1n) is 4.42. The largest absolute Gasteiger partial charge is 0.293 e. The van der Waals surface area contributed by atoms with Gasteiger partial charge >= 0.3 is 0 Å². The number of halogens is 1. The number of ketones is 1. The molecule has 15 heavy (non-hydrogen) atoms. The van der Waals surface area contributed by atoms with Crippen LogP contribution in [0.25, 0.3) is 0 Å². The minimum absolute atomic E-state index is 0.150. The minimum Gasteiger partial charge on any atom is -0.293 e. The van der Waals surface area contributed by atoms with Crippen molar-refractivity contribution in [3.8, 4) is 0 Å². The number of rotatable bonds is 3. The van der Waals surface area contributed by atoms with Crippen LogP contribution in [-0.2, 0) is 6.42 Å². The van der Waals surface area contributed by atoms with Crippen LogP contribution in [0.15, 0.2) is 40.4 Å². The van der Waals surface area contributed by atoms with Crippen LogP contribution in [0.2, 0.25) is 0 Å². The lowest BCUT2D eigenvalue weighted by molar-refractivity contribution is 0.0997. The molecular formula is C11H8BrNOS. The van der Waals surface area contributed by atoms with Gasteiger partial charge < -0.3 is 0 Å². The molecule has 0 saturated carbocycles. The molecule has 0 bridgehead atoms. The molecule has 4 heteroatoms. The minimum atomic E-state index is 0.150. The van der Waals surface area contributed by atoms with Crippen molar-refractivity contribution >= 4 is 33.0 Å². The van der Waals surface area contributed by atoms with E-state index in [0.29, 0.717) is 6.42 Å². The highest BCUT2D eigenvalue weighted by Gasteiger charge is 2.08. The van der Waals surface area contributed by atoms with E-state index in [1.54, 1.807) is 12.4 Å². The molecule has 0 N–H and O–H groups in total. The third-order valence-corrected chi connectivity index (χ3v) is 3.69. The van der Waals surface area contributed by atoms with Crippen LogP contribution in [0.3, 0.4) is 0 Å². The van der Waals surface area contributed by atoms with Crippen molar-refractivity contribution < 1.29 is 4.79 Å². The van der Waals surface area contributed by atoms with Gasteiger partial charge in [-0.05, 0) is 39.7 Å². The van der Waals surface area contributed by atoms with E-state index >= 15 is 0 Å². The summed E-state index contributed by atoms with van der Waals surface area (Å²) < 4.78 is 0.963. The van der Waals surface area contributed by atoms with Gasteiger partial charge in [0.15, 0.2) is 5.78 Å². The van der Waals surface area contributed by atoms with Gasteiger partial charge in [0.2, 0.25) is 0 Å². The second kappa shape index (κ2) is 4.68. The van der Waals surface area contributed by atoms with Crippen LogP contribution < -0.4 is 0 Å². The first-order chi connectivity index (χ1) is 7.25. The highest BCUT2D eigenvalue weighted by molar-refractivity contribution is 9.10. The van der Waals surface area contributed by atoms with Gasteiger partial charge in [-0.1, -0.05) is 0 Å². The lowest BCUT2D eigenvalue weighted by Crippen LogP contribution is -2.00. The van der Waals surface area contributed by atoms with E-state index in [0.717, 1.165) is 14.9 Å². The lowest BCUT2D eigenvalue weighted by Gasteiger charge is -1.97.